The SMILES string of the molecule is CN(CC1CCCO1)c1snc(N)c1S(C)(=O)=O. The molecule has 0 spiro atoms. The van der Waals surface area contributed by atoms with E-state index in [4.69, 9.17) is 10.5 Å². The van der Waals surface area contributed by atoms with Gasteiger partial charge in [0.25, 0.3) is 0 Å². The highest BCUT2D eigenvalue weighted by atomic mass is 32.2. The van der Waals surface area contributed by atoms with E-state index in [9.17, 15) is 8.42 Å². The molecule has 0 radical (unpaired) electrons. The van der Waals surface area contributed by atoms with Crippen molar-refractivity contribution in [3.63, 3.8) is 0 Å². The van der Waals surface area contributed by atoms with Gasteiger partial charge in [0, 0.05) is 26.5 Å². The highest BCUT2D eigenvalue weighted by Crippen LogP contribution is 2.34. The van der Waals surface area contributed by atoms with Crippen molar-refractivity contribution in [1.29, 1.82) is 0 Å². The molecule has 0 aliphatic carbocycles. The third kappa shape index (κ3) is 2.76. The second kappa shape index (κ2) is 5.02. The number of anilines is 2. The van der Waals surface area contributed by atoms with E-state index >= 15 is 0 Å². The van der Waals surface area contributed by atoms with E-state index in [1.165, 1.54) is 0 Å². The average molecular weight is 291 g/mol. The van der Waals surface area contributed by atoms with Crippen LogP contribution in [0.25, 0.3) is 0 Å². The number of ether oxygens (including phenoxy) is 1. The highest BCUT2D eigenvalue weighted by Gasteiger charge is 2.26. The summed E-state index contributed by atoms with van der Waals surface area (Å²) in [5, 5.41) is 0.588. The zero-order chi connectivity index (χ0) is 13.3. The molecule has 8 heteroatoms. The topological polar surface area (TPSA) is 85.5 Å². The normalized spacial score (nSPS) is 20.2. The van der Waals surface area contributed by atoms with Gasteiger partial charge in [0.1, 0.15) is 9.90 Å². The van der Waals surface area contributed by atoms with Crippen LogP contribution < -0.4 is 10.6 Å². The Morgan fingerprint density at radius 2 is 2.33 bits per heavy atom. The van der Waals surface area contributed by atoms with Crippen molar-refractivity contribution in [2.75, 3.05) is 37.1 Å². The van der Waals surface area contributed by atoms with Gasteiger partial charge < -0.3 is 15.4 Å². The summed E-state index contributed by atoms with van der Waals surface area (Å²) < 4.78 is 32.9. The maximum Gasteiger partial charge on any atom is 0.182 e. The fraction of sp³-hybridized carbons (Fsp3) is 0.700. The molecule has 1 unspecified atom stereocenters. The van der Waals surface area contributed by atoms with Gasteiger partial charge in [-0.25, -0.2) is 8.42 Å². The Morgan fingerprint density at radius 3 is 2.89 bits per heavy atom. The Balaban J connectivity index is 2.22. The molecular weight excluding hydrogens is 274 g/mol. The Kier molecular flexibility index (Phi) is 3.79. The number of aromatic nitrogens is 1. The minimum atomic E-state index is -3.36. The summed E-state index contributed by atoms with van der Waals surface area (Å²) in [6.45, 7) is 1.44. The Labute approximate surface area is 111 Å². The van der Waals surface area contributed by atoms with Gasteiger partial charge in [-0.15, -0.1) is 0 Å². The third-order valence-corrected chi connectivity index (χ3v) is 5.13. The van der Waals surface area contributed by atoms with E-state index in [0.717, 1.165) is 37.2 Å². The molecule has 1 atom stereocenters. The van der Waals surface area contributed by atoms with Crippen LogP contribution in [0.2, 0.25) is 0 Å². The molecule has 1 saturated heterocycles. The van der Waals surface area contributed by atoms with Gasteiger partial charge >= 0.3 is 0 Å². The number of nitrogens with zero attached hydrogens (tertiary/aromatic N) is 2. The fourth-order valence-corrected chi connectivity index (χ4v) is 4.25. The molecule has 0 amide bonds. The molecule has 0 saturated carbocycles. The fourth-order valence-electron chi connectivity index (χ4n) is 2.05. The van der Waals surface area contributed by atoms with Crippen LogP contribution in [0.3, 0.4) is 0 Å². The van der Waals surface area contributed by atoms with Gasteiger partial charge in [0.2, 0.25) is 0 Å². The minimum absolute atomic E-state index is 0.0803. The summed E-state index contributed by atoms with van der Waals surface area (Å²) in [5.41, 5.74) is 5.64. The van der Waals surface area contributed by atoms with Crippen molar-refractivity contribution in [2.24, 2.45) is 0 Å². The zero-order valence-electron chi connectivity index (χ0n) is 10.4. The Hall–Kier alpha value is -0.860. The largest absolute Gasteiger partial charge is 0.382 e. The number of hydrogen-bond acceptors (Lipinski definition) is 7. The number of nitrogen functional groups attached to an aromatic ring is 1. The first-order chi connectivity index (χ1) is 8.39. The van der Waals surface area contributed by atoms with E-state index in [0.29, 0.717) is 11.5 Å². The Morgan fingerprint density at radius 1 is 1.61 bits per heavy atom. The summed E-state index contributed by atoms with van der Waals surface area (Å²) in [4.78, 5) is 1.99. The summed E-state index contributed by atoms with van der Waals surface area (Å²) in [7, 11) is -1.52. The molecule has 1 aromatic heterocycles. The minimum Gasteiger partial charge on any atom is -0.382 e. The number of likely N-dealkylation sites (N-methyl/N-ethyl adjacent to an activating group) is 1. The van der Waals surface area contributed by atoms with Crippen LogP contribution in [-0.4, -0.2) is 45.4 Å². The number of rotatable bonds is 4. The molecule has 1 aliphatic heterocycles. The average Bonchev–Trinajstić information content (AvgIpc) is 2.85. The lowest BCUT2D eigenvalue weighted by atomic mass is 10.2. The molecule has 0 bridgehead atoms. The van der Waals surface area contributed by atoms with Crippen molar-refractivity contribution in [1.82, 2.24) is 4.37 Å². The molecule has 2 heterocycles. The van der Waals surface area contributed by atoms with Crippen LogP contribution in [0.4, 0.5) is 10.8 Å². The number of sulfone groups is 1. The summed E-state index contributed by atoms with van der Waals surface area (Å²) in [5.74, 6) is 0.0803. The standard InChI is InChI=1S/C10H17N3O3S2/c1-13(6-7-4-3-5-16-7)10-8(18(2,14)15)9(11)12-17-10/h7H,3-6H2,1-2H3,(H2,11,12). The van der Waals surface area contributed by atoms with E-state index in [-0.39, 0.29) is 16.8 Å². The molecule has 102 valence electrons. The maximum absolute atomic E-state index is 11.7. The third-order valence-electron chi connectivity index (χ3n) is 2.88. The van der Waals surface area contributed by atoms with Crippen molar-refractivity contribution >= 4 is 32.2 Å². The molecular formula is C10H17N3O3S2. The van der Waals surface area contributed by atoms with Crippen LogP contribution in [0.15, 0.2) is 4.90 Å². The summed E-state index contributed by atoms with van der Waals surface area (Å²) in [6, 6.07) is 0. The molecule has 2 N–H and O–H groups in total. The van der Waals surface area contributed by atoms with E-state index in [1.807, 2.05) is 11.9 Å². The second-order valence-electron chi connectivity index (χ2n) is 4.49. The van der Waals surface area contributed by atoms with Crippen LogP contribution in [0, 0.1) is 0 Å². The predicted molar refractivity (Wildman–Crippen MR) is 71.9 cm³/mol. The van der Waals surface area contributed by atoms with Crippen molar-refractivity contribution in [2.45, 2.75) is 23.8 Å². The molecule has 0 aromatic carbocycles. The molecule has 1 aromatic rings. The van der Waals surface area contributed by atoms with Crippen LogP contribution >= 0.6 is 11.5 Å². The highest BCUT2D eigenvalue weighted by molar-refractivity contribution is 7.91. The van der Waals surface area contributed by atoms with Gasteiger partial charge in [-0.1, -0.05) is 0 Å². The maximum atomic E-state index is 11.7. The Bertz CT molecular complexity index is 520. The van der Waals surface area contributed by atoms with E-state index in [1.54, 1.807) is 0 Å². The van der Waals surface area contributed by atoms with Crippen LogP contribution in [-0.2, 0) is 14.6 Å². The van der Waals surface area contributed by atoms with Crippen LogP contribution in [0.1, 0.15) is 12.8 Å². The first-order valence-electron chi connectivity index (χ1n) is 5.67. The number of hydrogen-bond donors (Lipinski definition) is 1. The van der Waals surface area contributed by atoms with Crippen molar-refractivity contribution < 1.29 is 13.2 Å². The van der Waals surface area contributed by atoms with Crippen molar-refractivity contribution in [3.8, 4) is 0 Å². The van der Waals surface area contributed by atoms with Crippen LogP contribution in [0.5, 0.6) is 0 Å². The first-order valence-corrected chi connectivity index (χ1v) is 8.34. The lowest BCUT2D eigenvalue weighted by Gasteiger charge is -2.21. The first kappa shape index (κ1) is 13.6. The second-order valence-corrected chi connectivity index (χ2v) is 7.19. The molecule has 1 aliphatic rings. The zero-order valence-corrected chi connectivity index (χ0v) is 12.1. The van der Waals surface area contributed by atoms with Gasteiger partial charge in [-0.3, -0.25) is 0 Å². The van der Waals surface area contributed by atoms with Gasteiger partial charge in [0.15, 0.2) is 15.7 Å². The quantitative estimate of drug-likeness (QED) is 0.881. The molecule has 18 heavy (non-hydrogen) atoms. The number of nitrogens with two attached hydrogens (primary N) is 1. The van der Waals surface area contributed by atoms with Gasteiger partial charge in [-0.05, 0) is 24.4 Å². The molecule has 6 nitrogen and oxygen atoms in total. The van der Waals surface area contributed by atoms with E-state index in [2.05, 4.69) is 4.37 Å². The lowest BCUT2D eigenvalue weighted by molar-refractivity contribution is 0.116. The molecule has 2 rings (SSSR count). The molecule has 1 fully saturated rings. The van der Waals surface area contributed by atoms with E-state index < -0.39 is 9.84 Å². The summed E-state index contributed by atoms with van der Waals surface area (Å²) in [6.07, 6.45) is 3.37. The predicted octanol–water partition coefficient (Wildman–Crippen LogP) is 0.744. The van der Waals surface area contributed by atoms with Gasteiger partial charge in [-0.2, -0.15) is 4.37 Å². The lowest BCUT2D eigenvalue weighted by Crippen LogP contribution is -2.28. The smallest absolute Gasteiger partial charge is 0.182 e. The van der Waals surface area contributed by atoms with Crippen molar-refractivity contribution in [3.05, 3.63) is 0 Å². The van der Waals surface area contributed by atoms with Gasteiger partial charge in [0.05, 0.1) is 6.10 Å². The summed E-state index contributed by atoms with van der Waals surface area (Å²) >= 11 is 1.11. The monoisotopic (exact) mass is 291 g/mol.